The zero-order chi connectivity index (χ0) is 9.47. The van der Waals surface area contributed by atoms with E-state index < -0.39 is 0 Å². The molecule has 69 valence electrons. The topological polar surface area (TPSA) is 3.24 Å². The number of rotatable bonds is 0. The van der Waals surface area contributed by atoms with Crippen LogP contribution in [0.2, 0.25) is 0 Å². The fraction of sp³-hybridized carbons (Fsp3) is 0.364. The summed E-state index contributed by atoms with van der Waals surface area (Å²) in [6.45, 7) is 6.68. The van der Waals surface area contributed by atoms with Gasteiger partial charge in [-0.05, 0) is 32.9 Å². The molecule has 1 aromatic rings. The molecule has 1 nitrogen and oxygen atoms in total. The van der Waals surface area contributed by atoms with Gasteiger partial charge in [-0.1, -0.05) is 23.9 Å². The van der Waals surface area contributed by atoms with Crippen molar-refractivity contribution >= 4 is 17.4 Å². The van der Waals surface area contributed by atoms with E-state index in [2.05, 4.69) is 55.8 Å². The summed E-state index contributed by atoms with van der Waals surface area (Å²) in [5.74, 6) is 2.20. The molecule has 13 heavy (non-hydrogen) atoms. The number of thioether (sulfide) groups is 1. The normalized spacial score (nSPS) is 16.1. The van der Waals surface area contributed by atoms with Crippen LogP contribution in [-0.4, -0.2) is 5.54 Å². The lowest BCUT2D eigenvalue weighted by atomic mass is 10.1. The summed E-state index contributed by atoms with van der Waals surface area (Å²) in [6, 6.07) is 8.53. The van der Waals surface area contributed by atoms with Crippen molar-refractivity contribution in [2.24, 2.45) is 0 Å². The maximum atomic E-state index is 2.33. The van der Waals surface area contributed by atoms with Crippen LogP contribution in [0.5, 0.6) is 0 Å². The van der Waals surface area contributed by atoms with Crippen molar-refractivity contribution in [3.63, 3.8) is 0 Å². The van der Waals surface area contributed by atoms with Crippen molar-refractivity contribution in [1.82, 2.24) is 0 Å². The van der Waals surface area contributed by atoms with E-state index in [1.54, 1.807) is 11.8 Å². The van der Waals surface area contributed by atoms with Gasteiger partial charge in [-0.3, -0.25) is 0 Å². The highest BCUT2D eigenvalue weighted by Gasteiger charge is 2.28. The van der Waals surface area contributed by atoms with E-state index >= 15 is 0 Å². The Balaban J connectivity index is 2.39. The second kappa shape index (κ2) is 2.95. The predicted octanol–water partition coefficient (Wildman–Crippen LogP) is 3.52. The number of hydrogen-bond acceptors (Lipinski definition) is 2. The molecular formula is C11H14NS. The molecule has 0 aliphatic carbocycles. The van der Waals surface area contributed by atoms with E-state index in [0.717, 1.165) is 0 Å². The fourth-order valence-electron chi connectivity index (χ4n) is 1.44. The van der Waals surface area contributed by atoms with E-state index in [-0.39, 0.29) is 5.54 Å². The zero-order valence-corrected chi connectivity index (χ0v) is 9.06. The highest BCUT2D eigenvalue weighted by molar-refractivity contribution is 8.01. The van der Waals surface area contributed by atoms with Crippen LogP contribution in [0.1, 0.15) is 20.8 Å². The van der Waals surface area contributed by atoms with Crippen LogP contribution in [-0.2, 0) is 0 Å². The van der Waals surface area contributed by atoms with Gasteiger partial charge in [-0.25, -0.2) is 0 Å². The summed E-state index contributed by atoms with van der Waals surface area (Å²) in [5, 5.41) is 0. The van der Waals surface area contributed by atoms with Crippen molar-refractivity contribution in [1.29, 1.82) is 0 Å². The lowest BCUT2D eigenvalue weighted by Crippen LogP contribution is -2.37. The summed E-state index contributed by atoms with van der Waals surface area (Å²) in [5.41, 5.74) is 1.51. The number of para-hydroxylation sites is 1. The van der Waals surface area contributed by atoms with Crippen molar-refractivity contribution in [3.8, 4) is 0 Å². The molecule has 1 aliphatic heterocycles. The van der Waals surface area contributed by atoms with Crippen LogP contribution in [0.25, 0.3) is 0 Å². The first-order valence-electron chi connectivity index (χ1n) is 4.47. The van der Waals surface area contributed by atoms with Crippen molar-refractivity contribution in [3.05, 3.63) is 30.1 Å². The summed E-state index contributed by atoms with van der Waals surface area (Å²) in [7, 11) is 0. The average Bonchev–Trinajstić information content (AvgIpc) is 2.45. The number of anilines is 1. The van der Waals surface area contributed by atoms with Crippen LogP contribution in [0.4, 0.5) is 5.69 Å². The standard InChI is InChI=1S/C11H14NS/c1-11(2,3)12-8-13-10-7-5-4-6-9(10)12/h4-8H,1-3H3. The third-order valence-electron chi connectivity index (χ3n) is 2.13. The van der Waals surface area contributed by atoms with Gasteiger partial charge < -0.3 is 4.90 Å². The smallest absolute Gasteiger partial charge is 0.110 e. The van der Waals surface area contributed by atoms with Gasteiger partial charge in [-0.2, -0.15) is 0 Å². The highest BCUT2D eigenvalue weighted by atomic mass is 32.2. The monoisotopic (exact) mass is 192 g/mol. The first-order valence-corrected chi connectivity index (χ1v) is 5.35. The second-order valence-corrected chi connectivity index (χ2v) is 5.12. The van der Waals surface area contributed by atoms with Gasteiger partial charge in [0.15, 0.2) is 0 Å². The molecule has 1 radical (unpaired) electrons. The van der Waals surface area contributed by atoms with Crippen LogP contribution in [0, 0.1) is 5.88 Å². The molecule has 2 rings (SSSR count). The highest BCUT2D eigenvalue weighted by Crippen LogP contribution is 2.44. The predicted molar refractivity (Wildman–Crippen MR) is 58.8 cm³/mol. The van der Waals surface area contributed by atoms with Gasteiger partial charge in [0.25, 0.3) is 0 Å². The first-order chi connectivity index (χ1) is 6.09. The Kier molecular flexibility index (Phi) is 2.03. The second-order valence-electron chi connectivity index (χ2n) is 4.23. The summed E-state index contributed by atoms with van der Waals surface area (Å²) < 4.78 is 0. The molecule has 0 saturated heterocycles. The zero-order valence-electron chi connectivity index (χ0n) is 8.24. The lowest BCUT2D eigenvalue weighted by Gasteiger charge is -2.33. The Morgan fingerprint density at radius 2 is 1.85 bits per heavy atom. The Hall–Kier alpha value is -0.630. The van der Waals surface area contributed by atoms with Crippen molar-refractivity contribution in [2.75, 3.05) is 4.90 Å². The molecule has 0 saturated carbocycles. The largest absolute Gasteiger partial charge is 0.350 e. The SMILES string of the molecule is CC(C)(C)N1[CH]Sc2ccccc21. The third kappa shape index (κ3) is 1.55. The minimum atomic E-state index is 0.180. The van der Waals surface area contributed by atoms with Gasteiger partial charge >= 0.3 is 0 Å². The quantitative estimate of drug-likeness (QED) is 0.618. The van der Waals surface area contributed by atoms with Gasteiger partial charge in [0.1, 0.15) is 5.88 Å². The molecule has 0 atom stereocenters. The van der Waals surface area contributed by atoms with Gasteiger partial charge in [0, 0.05) is 10.4 Å². The van der Waals surface area contributed by atoms with E-state index in [4.69, 9.17) is 0 Å². The molecule has 0 fully saturated rings. The van der Waals surface area contributed by atoms with Crippen LogP contribution in [0.15, 0.2) is 29.2 Å². The van der Waals surface area contributed by atoms with Gasteiger partial charge in [-0.15, -0.1) is 0 Å². The molecular weight excluding hydrogens is 178 g/mol. The summed E-state index contributed by atoms with van der Waals surface area (Å²) >= 11 is 1.80. The van der Waals surface area contributed by atoms with Crippen LogP contribution in [0.3, 0.4) is 0 Å². The molecule has 1 heterocycles. The van der Waals surface area contributed by atoms with E-state index in [1.807, 2.05) is 0 Å². The minimum Gasteiger partial charge on any atom is -0.350 e. The van der Waals surface area contributed by atoms with E-state index in [0.29, 0.717) is 0 Å². The molecule has 2 heteroatoms. The molecule has 0 amide bonds. The Morgan fingerprint density at radius 3 is 2.54 bits per heavy atom. The number of hydrogen-bond donors (Lipinski definition) is 0. The lowest BCUT2D eigenvalue weighted by molar-refractivity contribution is 0.550. The van der Waals surface area contributed by atoms with Crippen LogP contribution >= 0.6 is 11.8 Å². The molecule has 1 aromatic carbocycles. The van der Waals surface area contributed by atoms with Crippen molar-refractivity contribution < 1.29 is 0 Å². The maximum Gasteiger partial charge on any atom is 0.110 e. The maximum absolute atomic E-state index is 2.33. The van der Waals surface area contributed by atoms with E-state index in [9.17, 15) is 0 Å². The van der Waals surface area contributed by atoms with Crippen LogP contribution < -0.4 is 4.90 Å². The first kappa shape index (κ1) is 8.95. The molecule has 1 aliphatic rings. The molecule has 0 aromatic heterocycles. The van der Waals surface area contributed by atoms with Gasteiger partial charge in [0.05, 0.1) is 5.69 Å². The Morgan fingerprint density at radius 1 is 1.15 bits per heavy atom. The number of benzene rings is 1. The van der Waals surface area contributed by atoms with E-state index in [1.165, 1.54) is 10.6 Å². The number of fused-ring (bicyclic) bond motifs is 1. The minimum absolute atomic E-state index is 0.180. The van der Waals surface area contributed by atoms with Crippen molar-refractivity contribution in [2.45, 2.75) is 31.2 Å². The Bertz CT molecular complexity index is 314. The fourth-order valence-corrected chi connectivity index (χ4v) is 2.53. The molecule has 0 N–H and O–H groups in total. The molecule has 0 spiro atoms. The molecule has 0 bridgehead atoms. The molecule has 0 unspecified atom stereocenters. The van der Waals surface area contributed by atoms with Gasteiger partial charge in [0.2, 0.25) is 0 Å². The summed E-state index contributed by atoms with van der Waals surface area (Å²) in [6.07, 6.45) is 0. The Labute approximate surface area is 84.1 Å². The average molecular weight is 192 g/mol. The summed E-state index contributed by atoms with van der Waals surface area (Å²) in [4.78, 5) is 3.69. The number of nitrogens with zero attached hydrogens (tertiary/aromatic N) is 1. The third-order valence-corrected chi connectivity index (χ3v) is 3.05.